The van der Waals surface area contributed by atoms with Crippen LogP contribution in [-0.2, 0) is 6.42 Å². The summed E-state index contributed by atoms with van der Waals surface area (Å²) in [4.78, 5) is 27.6. The molecule has 0 saturated heterocycles. The second-order valence-corrected chi connectivity index (χ2v) is 8.65. The van der Waals surface area contributed by atoms with Crippen LogP contribution in [0.4, 0.5) is 20.2 Å². The Balaban J connectivity index is 1.52. The molecule has 0 atom stereocenters. The molecule has 1 aliphatic carbocycles. The van der Waals surface area contributed by atoms with Gasteiger partial charge in [-0.15, -0.1) is 0 Å². The first-order valence-corrected chi connectivity index (χ1v) is 11.3. The van der Waals surface area contributed by atoms with E-state index in [1.54, 1.807) is 24.3 Å². The number of fused-ring (bicyclic) bond motifs is 1. The molecule has 0 aromatic heterocycles. The van der Waals surface area contributed by atoms with Crippen LogP contribution < -0.4 is 10.6 Å². The molecule has 2 N–H and O–H groups in total. The predicted molar refractivity (Wildman–Crippen MR) is 131 cm³/mol. The van der Waals surface area contributed by atoms with Gasteiger partial charge in [0.2, 0.25) is 0 Å². The lowest BCUT2D eigenvalue weighted by atomic mass is 9.95. The van der Waals surface area contributed by atoms with Crippen LogP contribution in [0.5, 0.6) is 0 Å². The normalized spacial score (nSPS) is 12.7. The third-order valence-electron chi connectivity index (χ3n) is 5.94. The van der Waals surface area contributed by atoms with E-state index in [1.807, 2.05) is 26.2 Å². The molecule has 7 heteroatoms. The summed E-state index contributed by atoms with van der Waals surface area (Å²) in [5.41, 5.74) is 3.34. The Morgan fingerprint density at radius 2 is 1.74 bits per heavy atom. The molecule has 0 spiro atoms. The fraction of sp³-hybridized carbons (Fsp3) is 0.259. The zero-order chi connectivity index (χ0) is 24.2. The molecule has 0 heterocycles. The largest absolute Gasteiger partial charge is 0.385 e. The van der Waals surface area contributed by atoms with Crippen molar-refractivity contribution in [2.45, 2.75) is 19.3 Å². The Morgan fingerprint density at radius 3 is 2.47 bits per heavy atom. The first-order chi connectivity index (χ1) is 16.3. The minimum Gasteiger partial charge on any atom is -0.385 e. The molecule has 1 aliphatic rings. The summed E-state index contributed by atoms with van der Waals surface area (Å²) >= 11 is 0. The second-order valence-electron chi connectivity index (χ2n) is 8.65. The fourth-order valence-electron chi connectivity index (χ4n) is 4.22. The Hall–Kier alpha value is -3.58. The highest BCUT2D eigenvalue weighted by atomic mass is 19.2. The summed E-state index contributed by atoms with van der Waals surface area (Å²) in [5.74, 6) is -2.35. The number of carbonyl (C=O) groups excluding carboxylic acids is 2. The number of halogens is 2. The van der Waals surface area contributed by atoms with Gasteiger partial charge in [-0.25, -0.2) is 8.78 Å². The Labute approximate surface area is 197 Å². The van der Waals surface area contributed by atoms with Gasteiger partial charge in [-0.1, -0.05) is 18.2 Å². The lowest BCUT2D eigenvalue weighted by Crippen LogP contribution is -2.16. The standard InChI is InChI=1S/C27H27F2N3O2/c1-32(2)16-4-15-30-18-9-7-17(8-10-18)27(34)31-23-13-11-19(20-12-14-24(33)25(20)23)21-5-3-6-22(28)26(21)29/h3,5-11,13,30H,4,12,14-16H2,1-2H3,(H,31,34). The number of rotatable bonds is 8. The number of hydrogen-bond acceptors (Lipinski definition) is 4. The fourth-order valence-corrected chi connectivity index (χ4v) is 4.22. The van der Waals surface area contributed by atoms with Gasteiger partial charge in [0, 0.05) is 35.3 Å². The van der Waals surface area contributed by atoms with Gasteiger partial charge >= 0.3 is 0 Å². The maximum Gasteiger partial charge on any atom is 0.255 e. The lowest BCUT2D eigenvalue weighted by molar-refractivity contribution is 0.0995. The van der Waals surface area contributed by atoms with Crippen molar-refractivity contribution < 1.29 is 18.4 Å². The van der Waals surface area contributed by atoms with Crippen molar-refractivity contribution in [3.05, 3.63) is 82.9 Å². The highest BCUT2D eigenvalue weighted by Gasteiger charge is 2.28. The van der Waals surface area contributed by atoms with Crippen LogP contribution in [0.3, 0.4) is 0 Å². The maximum atomic E-state index is 14.4. The Kier molecular flexibility index (Phi) is 7.03. The van der Waals surface area contributed by atoms with E-state index >= 15 is 0 Å². The van der Waals surface area contributed by atoms with E-state index in [2.05, 4.69) is 15.5 Å². The molecule has 0 fully saturated rings. The van der Waals surface area contributed by atoms with Crippen LogP contribution >= 0.6 is 0 Å². The van der Waals surface area contributed by atoms with Gasteiger partial charge in [0.15, 0.2) is 17.4 Å². The van der Waals surface area contributed by atoms with Crippen LogP contribution in [0.1, 0.15) is 39.1 Å². The van der Waals surface area contributed by atoms with E-state index in [0.717, 1.165) is 31.3 Å². The number of nitrogens with one attached hydrogen (secondary N) is 2. The number of benzene rings is 3. The van der Waals surface area contributed by atoms with E-state index in [9.17, 15) is 18.4 Å². The molecule has 0 saturated carbocycles. The molecular formula is C27H27F2N3O2. The minimum atomic E-state index is -0.948. The van der Waals surface area contributed by atoms with Gasteiger partial charge in [0.1, 0.15) is 0 Å². The third-order valence-corrected chi connectivity index (χ3v) is 5.94. The average Bonchev–Trinajstić information content (AvgIpc) is 3.21. The molecule has 0 unspecified atom stereocenters. The van der Waals surface area contributed by atoms with Gasteiger partial charge in [0.05, 0.1) is 5.69 Å². The topological polar surface area (TPSA) is 61.4 Å². The summed E-state index contributed by atoms with van der Waals surface area (Å²) in [6.07, 6.45) is 1.68. The van der Waals surface area contributed by atoms with Crippen molar-refractivity contribution in [1.82, 2.24) is 4.90 Å². The van der Waals surface area contributed by atoms with Crippen molar-refractivity contribution in [2.75, 3.05) is 37.8 Å². The highest BCUT2D eigenvalue weighted by Crippen LogP contribution is 2.38. The summed E-state index contributed by atoms with van der Waals surface area (Å²) < 4.78 is 28.2. The van der Waals surface area contributed by atoms with E-state index in [0.29, 0.717) is 34.4 Å². The van der Waals surface area contributed by atoms with Gasteiger partial charge in [-0.05, 0) is 81.0 Å². The molecule has 0 aliphatic heterocycles. The van der Waals surface area contributed by atoms with Crippen molar-refractivity contribution in [3.63, 3.8) is 0 Å². The number of Topliss-reactive ketones (excluding diaryl/α,β-unsaturated/α-hetero) is 1. The molecule has 4 rings (SSSR count). The highest BCUT2D eigenvalue weighted by molar-refractivity contribution is 6.12. The quantitative estimate of drug-likeness (QED) is 0.441. The number of nitrogens with zero attached hydrogens (tertiary/aromatic N) is 1. The molecule has 0 bridgehead atoms. The van der Waals surface area contributed by atoms with E-state index in [4.69, 9.17) is 0 Å². The Bertz CT molecular complexity index is 1220. The monoisotopic (exact) mass is 463 g/mol. The third kappa shape index (κ3) is 4.99. The molecule has 1 amide bonds. The lowest BCUT2D eigenvalue weighted by Gasteiger charge is -2.15. The van der Waals surface area contributed by atoms with Crippen LogP contribution in [-0.4, -0.2) is 43.8 Å². The molecule has 176 valence electrons. The van der Waals surface area contributed by atoms with E-state index in [-0.39, 0.29) is 23.7 Å². The smallest absolute Gasteiger partial charge is 0.255 e. The molecule has 0 radical (unpaired) electrons. The Morgan fingerprint density at radius 1 is 0.971 bits per heavy atom. The first kappa shape index (κ1) is 23.6. The second kappa shape index (κ2) is 10.1. The molecule has 34 heavy (non-hydrogen) atoms. The zero-order valence-electron chi connectivity index (χ0n) is 19.3. The summed E-state index contributed by atoms with van der Waals surface area (Å²) in [6, 6.07) is 14.3. The van der Waals surface area contributed by atoms with Gasteiger partial charge in [0.25, 0.3) is 5.91 Å². The average molecular weight is 464 g/mol. The summed E-state index contributed by atoms with van der Waals surface area (Å²) in [7, 11) is 4.06. The van der Waals surface area contributed by atoms with E-state index in [1.165, 1.54) is 12.1 Å². The van der Waals surface area contributed by atoms with Crippen molar-refractivity contribution >= 4 is 23.1 Å². The van der Waals surface area contributed by atoms with Gasteiger partial charge in [-0.2, -0.15) is 0 Å². The first-order valence-electron chi connectivity index (χ1n) is 11.3. The number of ketones is 1. The van der Waals surface area contributed by atoms with Crippen molar-refractivity contribution in [3.8, 4) is 11.1 Å². The molecule has 3 aromatic carbocycles. The van der Waals surface area contributed by atoms with E-state index < -0.39 is 11.6 Å². The van der Waals surface area contributed by atoms with Crippen LogP contribution in [0, 0.1) is 11.6 Å². The maximum absolute atomic E-state index is 14.4. The van der Waals surface area contributed by atoms with Gasteiger partial charge < -0.3 is 15.5 Å². The summed E-state index contributed by atoms with van der Waals surface area (Å²) in [6.45, 7) is 1.82. The van der Waals surface area contributed by atoms with Crippen LogP contribution in [0.15, 0.2) is 54.6 Å². The number of hydrogen-bond donors (Lipinski definition) is 2. The van der Waals surface area contributed by atoms with Gasteiger partial charge in [-0.3, -0.25) is 9.59 Å². The van der Waals surface area contributed by atoms with Crippen LogP contribution in [0.2, 0.25) is 0 Å². The number of amides is 1. The van der Waals surface area contributed by atoms with Crippen LogP contribution in [0.25, 0.3) is 11.1 Å². The number of carbonyl (C=O) groups is 2. The minimum absolute atomic E-state index is 0.109. The van der Waals surface area contributed by atoms with Crippen molar-refractivity contribution in [1.29, 1.82) is 0 Å². The SMILES string of the molecule is CN(C)CCCNc1ccc(C(=O)Nc2ccc(-c3cccc(F)c3F)c3c2C(=O)CC3)cc1. The zero-order valence-corrected chi connectivity index (χ0v) is 19.3. The molecular weight excluding hydrogens is 436 g/mol. The summed E-state index contributed by atoms with van der Waals surface area (Å²) in [5, 5.41) is 6.15. The molecule has 5 nitrogen and oxygen atoms in total. The van der Waals surface area contributed by atoms with Crippen molar-refractivity contribution in [2.24, 2.45) is 0 Å². The number of anilines is 2. The molecule has 3 aromatic rings. The predicted octanol–water partition coefficient (Wildman–Crippen LogP) is 5.38.